The van der Waals surface area contributed by atoms with Gasteiger partial charge < -0.3 is 4.74 Å². The molecule has 0 amide bonds. The molecule has 2 rings (SSSR count). The third-order valence-corrected chi connectivity index (χ3v) is 3.06. The van der Waals surface area contributed by atoms with Crippen LogP contribution in [0.2, 0.25) is 0 Å². The Balaban J connectivity index is 2.01. The van der Waals surface area contributed by atoms with E-state index in [0.29, 0.717) is 25.6 Å². The third kappa shape index (κ3) is 3.09. The maximum atomic E-state index is 13.0. The van der Waals surface area contributed by atoms with Gasteiger partial charge in [0.15, 0.2) is 17.4 Å². The van der Waals surface area contributed by atoms with Crippen LogP contribution < -0.4 is 0 Å². The second-order valence-electron chi connectivity index (χ2n) is 4.31. The van der Waals surface area contributed by atoms with E-state index in [1.807, 2.05) is 0 Å². The van der Waals surface area contributed by atoms with E-state index in [9.17, 15) is 13.6 Å². The van der Waals surface area contributed by atoms with Crippen LogP contribution in [-0.4, -0.2) is 19.0 Å². The largest absolute Gasteiger partial charge is 0.381 e. The van der Waals surface area contributed by atoms with Gasteiger partial charge in [0.2, 0.25) is 0 Å². The van der Waals surface area contributed by atoms with Crippen molar-refractivity contribution < 1.29 is 18.3 Å². The standard InChI is InChI=1S/C13H14F2O2/c14-11-2-1-10(8-12(11)15)13(16)7-9-3-5-17-6-4-9/h1-2,8-9H,3-7H2. The smallest absolute Gasteiger partial charge is 0.163 e. The molecule has 17 heavy (non-hydrogen) atoms. The molecule has 0 bridgehead atoms. The summed E-state index contributed by atoms with van der Waals surface area (Å²) in [7, 11) is 0. The Kier molecular flexibility index (Phi) is 3.84. The summed E-state index contributed by atoms with van der Waals surface area (Å²) in [5.74, 6) is -1.73. The predicted molar refractivity (Wildman–Crippen MR) is 58.8 cm³/mol. The number of ketones is 1. The first-order valence-electron chi connectivity index (χ1n) is 5.73. The van der Waals surface area contributed by atoms with Gasteiger partial charge in [-0.2, -0.15) is 0 Å². The Morgan fingerprint density at radius 3 is 2.59 bits per heavy atom. The Hall–Kier alpha value is -1.29. The molecule has 0 radical (unpaired) electrons. The molecule has 0 unspecified atom stereocenters. The number of carbonyl (C=O) groups excluding carboxylic acids is 1. The van der Waals surface area contributed by atoms with Gasteiger partial charge in [-0.15, -0.1) is 0 Å². The minimum atomic E-state index is -0.970. The van der Waals surface area contributed by atoms with Crippen LogP contribution in [0.1, 0.15) is 29.6 Å². The van der Waals surface area contributed by atoms with E-state index in [-0.39, 0.29) is 11.3 Å². The van der Waals surface area contributed by atoms with E-state index in [2.05, 4.69) is 0 Å². The van der Waals surface area contributed by atoms with Crippen LogP contribution in [0.4, 0.5) is 8.78 Å². The molecule has 0 saturated carbocycles. The molecule has 1 saturated heterocycles. The first-order valence-corrected chi connectivity index (χ1v) is 5.73. The molecule has 1 aromatic carbocycles. The third-order valence-electron chi connectivity index (χ3n) is 3.06. The van der Waals surface area contributed by atoms with Gasteiger partial charge in [0.05, 0.1) is 0 Å². The summed E-state index contributed by atoms with van der Waals surface area (Å²) in [6.07, 6.45) is 2.10. The minimum Gasteiger partial charge on any atom is -0.381 e. The molecule has 1 aliphatic heterocycles. The van der Waals surface area contributed by atoms with Gasteiger partial charge in [-0.05, 0) is 37.0 Å². The van der Waals surface area contributed by atoms with Gasteiger partial charge in [-0.1, -0.05) is 0 Å². The molecule has 2 nitrogen and oxygen atoms in total. The number of Topliss-reactive ketones (excluding diaryl/α,β-unsaturated/α-hetero) is 1. The number of rotatable bonds is 3. The maximum absolute atomic E-state index is 13.0. The Labute approximate surface area is 98.6 Å². The molecule has 92 valence electrons. The Morgan fingerprint density at radius 1 is 1.24 bits per heavy atom. The lowest BCUT2D eigenvalue weighted by atomic mass is 9.92. The maximum Gasteiger partial charge on any atom is 0.163 e. The first-order chi connectivity index (χ1) is 8.16. The topological polar surface area (TPSA) is 26.3 Å². The van der Waals surface area contributed by atoms with Gasteiger partial charge in [0.1, 0.15) is 0 Å². The van der Waals surface area contributed by atoms with Gasteiger partial charge in [-0.3, -0.25) is 4.79 Å². The summed E-state index contributed by atoms with van der Waals surface area (Å²) < 4.78 is 30.9. The molecule has 0 N–H and O–H groups in total. The van der Waals surface area contributed by atoms with Crippen LogP contribution in [0.5, 0.6) is 0 Å². The lowest BCUT2D eigenvalue weighted by Gasteiger charge is -2.21. The second kappa shape index (κ2) is 5.36. The van der Waals surface area contributed by atoms with Crippen LogP contribution in [-0.2, 0) is 4.74 Å². The fraction of sp³-hybridized carbons (Fsp3) is 0.462. The van der Waals surface area contributed by atoms with Crippen molar-refractivity contribution in [1.29, 1.82) is 0 Å². The Bertz CT molecular complexity index is 412. The van der Waals surface area contributed by atoms with Gasteiger partial charge in [0, 0.05) is 25.2 Å². The molecular weight excluding hydrogens is 226 g/mol. The van der Waals surface area contributed by atoms with E-state index in [0.717, 1.165) is 25.0 Å². The molecular formula is C13H14F2O2. The van der Waals surface area contributed by atoms with E-state index < -0.39 is 11.6 Å². The average molecular weight is 240 g/mol. The highest BCUT2D eigenvalue weighted by molar-refractivity contribution is 5.96. The summed E-state index contributed by atoms with van der Waals surface area (Å²) in [4.78, 5) is 11.8. The Morgan fingerprint density at radius 2 is 1.94 bits per heavy atom. The quantitative estimate of drug-likeness (QED) is 0.759. The normalized spacial score (nSPS) is 17.1. The summed E-state index contributed by atoms with van der Waals surface area (Å²) >= 11 is 0. The van der Waals surface area contributed by atoms with E-state index >= 15 is 0 Å². The van der Waals surface area contributed by atoms with Crippen LogP contribution in [0, 0.1) is 17.6 Å². The minimum absolute atomic E-state index is 0.129. The van der Waals surface area contributed by atoms with Crippen LogP contribution in [0.3, 0.4) is 0 Å². The number of ether oxygens (including phenoxy) is 1. The van der Waals surface area contributed by atoms with Crippen molar-refractivity contribution in [2.24, 2.45) is 5.92 Å². The lowest BCUT2D eigenvalue weighted by Crippen LogP contribution is -2.18. The molecule has 0 spiro atoms. The summed E-state index contributed by atoms with van der Waals surface area (Å²) in [5, 5.41) is 0. The highest BCUT2D eigenvalue weighted by Gasteiger charge is 2.19. The zero-order chi connectivity index (χ0) is 12.3. The summed E-state index contributed by atoms with van der Waals surface area (Å²) in [6, 6.07) is 3.30. The van der Waals surface area contributed by atoms with Crippen LogP contribution in [0.15, 0.2) is 18.2 Å². The van der Waals surface area contributed by atoms with Crippen molar-refractivity contribution >= 4 is 5.78 Å². The zero-order valence-electron chi connectivity index (χ0n) is 9.42. The first kappa shape index (κ1) is 12.2. The number of halogens is 2. The number of hydrogen-bond donors (Lipinski definition) is 0. The molecule has 1 fully saturated rings. The van der Waals surface area contributed by atoms with Gasteiger partial charge >= 0.3 is 0 Å². The molecule has 4 heteroatoms. The van der Waals surface area contributed by atoms with Crippen molar-refractivity contribution in [1.82, 2.24) is 0 Å². The van der Waals surface area contributed by atoms with E-state index in [1.54, 1.807) is 0 Å². The van der Waals surface area contributed by atoms with Crippen molar-refractivity contribution in [3.05, 3.63) is 35.4 Å². The molecule has 0 aromatic heterocycles. The van der Waals surface area contributed by atoms with Crippen LogP contribution >= 0.6 is 0 Å². The molecule has 1 aliphatic rings. The van der Waals surface area contributed by atoms with E-state index in [1.165, 1.54) is 6.07 Å². The van der Waals surface area contributed by atoms with Crippen molar-refractivity contribution in [3.8, 4) is 0 Å². The lowest BCUT2D eigenvalue weighted by molar-refractivity contribution is 0.0601. The summed E-state index contributed by atoms with van der Waals surface area (Å²) in [5.41, 5.74) is 0.246. The summed E-state index contributed by atoms with van der Waals surface area (Å²) in [6.45, 7) is 1.35. The molecule has 0 aliphatic carbocycles. The van der Waals surface area contributed by atoms with Gasteiger partial charge in [-0.25, -0.2) is 8.78 Å². The highest BCUT2D eigenvalue weighted by atomic mass is 19.2. The number of benzene rings is 1. The van der Waals surface area contributed by atoms with Gasteiger partial charge in [0.25, 0.3) is 0 Å². The highest BCUT2D eigenvalue weighted by Crippen LogP contribution is 2.21. The molecule has 0 atom stereocenters. The number of carbonyl (C=O) groups is 1. The molecule has 1 heterocycles. The predicted octanol–water partition coefficient (Wildman–Crippen LogP) is 2.96. The van der Waals surface area contributed by atoms with Crippen molar-refractivity contribution in [3.63, 3.8) is 0 Å². The average Bonchev–Trinajstić information content (AvgIpc) is 2.34. The molecule has 1 aromatic rings. The zero-order valence-corrected chi connectivity index (χ0v) is 9.42. The van der Waals surface area contributed by atoms with Crippen LogP contribution in [0.25, 0.3) is 0 Å². The SMILES string of the molecule is O=C(CC1CCOCC1)c1ccc(F)c(F)c1. The fourth-order valence-corrected chi connectivity index (χ4v) is 2.00. The van der Waals surface area contributed by atoms with E-state index in [4.69, 9.17) is 4.74 Å². The van der Waals surface area contributed by atoms with Crippen molar-refractivity contribution in [2.45, 2.75) is 19.3 Å². The van der Waals surface area contributed by atoms with Crippen molar-refractivity contribution in [2.75, 3.05) is 13.2 Å². The monoisotopic (exact) mass is 240 g/mol. The fourth-order valence-electron chi connectivity index (χ4n) is 2.00. The second-order valence-corrected chi connectivity index (χ2v) is 4.31. The number of hydrogen-bond acceptors (Lipinski definition) is 2.